The van der Waals surface area contributed by atoms with Crippen LogP contribution in [-0.2, 0) is 22.7 Å². The minimum atomic E-state index is -0.472. The fraction of sp³-hybridized carbons (Fsp3) is 0.250. The van der Waals surface area contributed by atoms with Crippen LogP contribution in [0.1, 0.15) is 11.3 Å². The van der Waals surface area contributed by atoms with Gasteiger partial charge in [0.25, 0.3) is 5.56 Å². The summed E-state index contributed by atoms with van der Waals surface area (Å²) in [6.45, 7) is 2.06. The summed E-state index contributed by atoms with van der Waals surface area (Å²) >= 11 is 0. The fourth-order valence-corrected chi connectivity index (χ4v) is 1.92. The lowest BCUT2D eigenvalue weighted by atomic mass is 10.2. The molecule has 1 aromatic heterocycles. The van der Waals surface area contributed by atoms with E-state index in [0.717, 1.165) is 11.3 Å². The molecule has 0 aliphatic rings. The summed E-state index contributed by atoms with van der Waals surface area (Å²) in [5.41, 5.74) is 1.45. The lowest BCUT2D eigenvalue weighted by Crippen LogP contribution is -2.27. The Bertz CT molecular complexity index is 691. The number of aryl methyl sites for hydroxylation is 1. The third kappa shape index (κ3) is 3.95. The second-order valence-electron chi connectivity index (χ2n) is 4.62. The second kappa shape index (κ2) is 6.74. The maximum Gasteiger partial charge on any atom is 0.325 e. The van der Waals surface area contributed by atoms with Crippen LogP contribution >= 0.6 is 0 Å². The molecular formula is C16H17NO4. The van der Waals surface area contributed by atoms with Gasteiger partial charge in [0.15, 0.2) is 0 Å². The van der Waals surface area contributed by atoms with Crippen LogP contribution in [0.2, 0.25) is 0 Å². The van der Waals surface area contributed by atoms with Gasteiger partial charge in [0.05, 0.1) is 12.8 Å². The van der Waals surface area contributed by atoms with Crippen molar-refractivity contribution in [3.63, 3.8) is 0 Å². The predicted octanol–water partition coefficient (Wildman–Crippen LogP) is 1.91. The molecule has 0 saturated heterocycles. The zero-order valence-corrected chi connectivity index (χ0v) is 12.0. The normalized spacial score (nSPS) is 10.2. The third-order valence-corrected chi connectivity index (χ3v) is 3.03. The number of carbonyl (C=O) groups is 1. The summed E-state index contributed by atoms with van der Waals surface area (Å²) in [6, 6.07) is 12.4. The van der Waals surface area contributed by atoms with Gasteiger partial charge >= 0.3 is 5.97 Å². The maximum absolute atomic E-state index is 11.9. The molecule has 2 rings (SSSR count). The van der Waals surface area contributed by atoms with Gasteiger partial charge in [-0.25, -0.2) is 0 Å². The largest absolute Gasteiger partial charge is 0.487 e. The number of carbonyl (C=O) groups excluding carboxylic acids is 1. The van der Waals surface area contributed by atoms with Gasteiger partial charge in [-0.1, -0.05) is 18.2 Å². The van der Waals surface area contributed by atoms with Crippen LogP contribution in [0.5, 0.6) is 5.75 Å². The van der Waals surface area contributed by atoms with Crippen LogP contribution in [-0.4, -0.2) is 17.6 Å². The average Bonchev–Trinajstić information content (AvgIpc) is 2.47. The molecule has 0 fully saturated rings. The molecule has 0 radical (unpaired) electrons. The highest BCUT2D eigenvalue weighted by Crippen LogP contribution is 2.14. The van der Waals surface area contributed by atoms with Crippen molar-refractivity contribution in [1.29, 1.82) is 0 Å². The molecule has 0 aliphatic heterocycles. The van der Waals surface area contributed by atoms with Crippen molar-refractivity contribution >= 4 is 5.97 Å². The van der Waals surface area contributed by atoms with Crippen LogP contribution in [0, 0.1) is 6.92 Å². The molecule has 1 heterocycles. The van der Waals surface area contributed by atoms with Gasteiger partial charge in [0.1, 0.15) is 18.9 Å². The third-order valence-electron chi connectivity index (χ3n) is 3.03. The molecule has 21 heavy (non-hydrogen) atoms. The Morgan fingerprint density at radius 3 is 2.67 bits per heavy atom. The van der Waals surface area contributed by atoms with Gasteiger partial charge in [-0.15, -0.1) is 0 Å². The topological polar surface area (TPSA) is 57.5 Å². The summed E-state index contributed by atoms with van der Waals surface area (Å²) < 4.78 is 11.6. The molecule has 0 atom stereocenters. The lowest BCUT2D eigenvalue weighted by Gasteiger charge is -2.12. The van der Waals surface area contributed by atoms with Crippen molar-refractivity contribution in [2.45, 2.75) is 20.1 Å². The molecular weight excluding hydrogens is 270 g/mol. The molecule has 5 nitrogen and oxygen atoms in total. The first-order valence-electron chi connectivity index (χ1n) is 6.55. The van der Waals surface area contributed by atoms with Crippen LogP contribution < -0.4 is 10.3 Å². The Kier molecular flexibility index (Phi) is 4.77. The molecule has 0 bridgehead atoms. The van der Waals surface area contributed by atoms with Crippen molar-refractivity contribution in [1.82, 2.24) is 4.57 Å². The molecule has 110 valence electrons. The zero-order valence-electron chi connectivity index (χ0n) is 12.0. The lowest BCUT2D eigenvalue weighted by molar-refractivity contribution is -0.141. The van der Waals surface area contributed by atoms with E-state index in [-0.39, 0.29) is 18.7 Å². The highest BCUT2D eigenvalue weighted by atomic mass is 16.5. The Morgan fingerprint density at radius 2 is 1.95 bits per heavy atom. The summed E-state index contributed by atoms with van der Waals surface area (Å²) in [4.78, 5) is 23.2. The molecule has 5 heteroatoms. The smallest absolute Gasteiger partial charge is 0.325 e. The van der Waals surface area contributed by atoms with E-state index < -0.39 is 5.97 Å². The molecule has 1 aromatic carbocycles. The van der Waals surface area contributed by atoms with Crippen LogP contribution in [0.4, 0.5) is 0 Å². The predicted molar refractivity (Wildman–Crippen MR) is 78.2 cm³/mol. The molecule has 0 amide bonds. The van der Waals surface area contributed by atoms with Gasteiger partial charge in [-0.05, 0) is 30.7 Å². The van der Waals surface area contributed by atoms with Crippen molar-refractivity contribution in [2.75, 3.05) is 7.11 Å². The number of hydrogen-bond acceptors (Lipinski definition) is 4. The summed E-state index contributed by atoms with van der Waals surface area (Å²) in [5, 5.41) is 0. The minimum Gasteiger partial charge on any atom is -0.487 e. The molecule has 0 unspecified atom stereocenters. The van der Waals surface area contributed by atoms with Crippen molar-refractivity contribution in [3.8, 4) is 5.75 Å². The monoisotopic (exact) mass is 287 g/mol. The number of rotatable bonds is 5. The standard InChI is InChI=1S/C16H17NO4/c1-12-5-3-7-14(9-12)21-11-13-6-4-8-15(18)17(13)10-16(19)20-2/h3-9H,10-11H2,1-2H3. The van der Waals surface area contributed by atoms with Gasteiger partial charge in [0.2, 0.25) is 0 Å². The first-order chi connectivity index (χ1) is 10.1. The first-order valence-corrected chi connectivity index (χ1v) is 6.55. The van der Waals surface area contributed by atoms with Crippen molar-refractivity contribution in [2.24, 2.45) is 0 Å². The molecule has 2 aromatic rings. The quantitative estimate of drug-likeness (QED) is 0.788. The summed E-state index contributed by atoms with van der Waals surface area (Å²) in [7, 11) is 1.29. The van der Waals surface area contributed by atoms with E-state index in [1.54, 1.807) is 12.1 Å². The highest BCUT2D eigenvalue weighted by Gasteiger charge is 2.09. The number of esters is 1. The van der Waals surface area contributed by atoms with Crippen molar-refractivity contribution in [3.05, 3.63) is 64.1 Å². The fourth-order valence-electron chi connectivity index (χ4n) is 1.92. The van der Waals surface area contributed by atoms with Crippen LogP contribution in [0.25, 0.3) is 0 Å². The Balaban J connectivity index is 2.18. The van der Waals surface area contributed by atoms with E-state index in [2.05, 4.69) is 4.74 Å². The van der Waals surface area contributed by atoms with Gasteiger partial charge in [0, 0.05) is 6.07 Å². The van der Waals surface area contributed by atoms with Gasteiger partial charge in [-0.3, -0.25) is 14.2 Å². The van der Waals surface area contributed by atoms with E-state index in [1.807, 2.05) is 31.2 Å². The molecule has 0 saturated carbocycles. The zero-order chi connectivity index (χ0) is 15.2. The minimum absolute atomic E-state index is 0.122. The summed E-state index contributed by atoms with van der Waals surface area (Å²) in [5.74, 6) is 0.246. The molecule has 0 N–H and O–H groups in total. The average molecular weight is 287 g/mol. The second-order valence-corrected chi connectivity index (χ2v) is 4.62. The maximum atomic E-state index is 11.9. The van der Waals surface area contributed by atoms with Crippen LogP contribution in [0.15, 0.2) is 47.3 Å². The number of benzene rings is 1. The highest BCUT2D eigenvalue weighted by molar-refractivity contribution is 5.69. The first kappa shape index (κ1) is 14.8. The van der Waals surface area contributed by atoms with Crippen LogP contribution in [0.3, 0.4) is 0 Å². The number of hydrogen-bond donors (Lipinski definition) is 0. The molecule has 0 aliphatic carbocycles. The SMILES string of the molecule is COC(=O)Cn1c(COc2cccc(C)c2)cccc1=O. The van der Waals surface area contributed by atoms with E-state index in [1.165, 1.54) is 17.7 Å². The van der Waals surface area contributed by atoms with Gasteiger partial charge in [-0.2, -0.15) is 0 Å². The van der Waals surface area contributed by atoms with E-state index in [4.69, 9.17) is 4.74 Å². The number of aromatic nitrogens is 1. The number of nitrogens with zero attached hydrogens (tertiary/aromatic N) is 1. The van der Waals surface area contributed by atoms with E-state index in [0.29, 0.717) is 5.69 Å². The van der Waals surface area contributed by atoms with Gasteiger partial charge < -0.3 is 9.47 Å². The van der Waals surface area contributed by atoms with E-state index in [9.17, 15) is 9.59 Å². The number of pyridine rings is 1. The Hall–Kier alpha value is -2.56. The molecule has 0 spiro atoms. The Labute approximate surface area is 122 Å². The number of ether oxygens (including phenoxy) is 2. The van der Waals surface area contributed by atoms with Crippen molar-refractivity contribution < 1.29 is 14.3 Å². The Morgan fingerprint density at radius 1 is 1.19 bits per heavy atom. The van der Waals surface area contributed by atoms with E-state index >= 15 is 0 Å². The number of methoxy groups -OCH3 is 1. The summed E-state index contributed by atoms with van der Waals surface area (Å²) in [6.07, 6.45) is 0.